The van der Waals surface area contributed by atoms with E-state index in [2.05, 4.69) is 16.0 Å². The van der Waals surface area contributed by atoms with Gasteiger partial charge in [0.25, 0.3) is 0 Å². The Bertz CT molecular complexity index is 522. The van der Waals surface area contributed by atoms with Crippen molar-refractivity contribution in [1.29, 1.82) is 0 Å². The van der Waals surface area contributed by atoms with E-state index in [0.29, 0.717) is 0 Å². The summed E-state index contributed by atoms with van der Waals surface area (Å²) in [5.41, 5.74) is 10.6. The fraction of sp³-hybridized carbons (Fsp3) is 0.643. The van der Waals surface area contributed by atoms with Gasteiger partial charge in [-0.15, -0.1) is 0 Å². The molecule has 0 aromatic carbocycles. The van der Waals surface area contributed by atoms with Gasteiger partial charge in [-0.1, -0.05) is 13.8 Å². The molecule has 0 aliphatic carbocycles. The van der Waals surface area contributed by atoms with Gasteiger partial charge >= 0.3 is 5.97 Å². The predicted octanol–water partition coefficient (Wildman–Crippen LogP) is -2.96. The van der Waals surface area contributed by atoms with Crippen LogP contribution in [-0.4, -0.2) is 59.9 Å². The van der Waals surface area contributed by atoms with Crippen molar-refractivity contribution in [2.75, 3.05) is 13.1 Å². The fourth-order valence-electron chi connectivity index (χ4n) is 1.67. The van der Waals surface area contributed by atoms with Gasteiger partial charge in [0.2, 0.25) is 23.6 Å². The highest BCUT2D eigenvalue weighted by atomic mass is 16.4. The molecule has 11 nitrogen and oxygen atoms in total. The predicted molar refractivity (Wildman–Crippen MR) is 86.8 cm³/mol. The zero-order valence-corrected chi connectivity index (χ0v) is 14.2. The number of hydrogen-bond acceptors (Lipinski definition) is 6. The van der Waals surface area contributed by atoms with Crippen LogP contribution >= 0.6 is 0 Å². The summed E-state index contributed by atoms with van der Waals surface area (Å²) >= 11 is 0. The molecule has 4 amide bonds. The first-order valence-electron chi connectivity index (χ1n) is 7.65. The van der Waals surface area contributed by atoms with Crippen LogP contribution in [0.25, 0.3) is 0 Å². The summed E-state index contributed by atoms with van der Waals surface area (Å²) in [6, 6.07) is -1.94. The molecule has 0 fully saturated rings. The highest BCUT2D eigenvalue weighted by molar-refractivity contribution is 5.92. The van der Waals surface area contributed by atoms with Crippen LogP contribution in [-0.2, 0) is 24.0 Å². The van der Waals surface area contributed by atoms with E-state index in [1.807, 2.05) is 0 Å². The Morgan fingerprint density at radius 2 is 1.56 bits per heavy atom. The first kappa shape index (κ1) is 22.3. The molecule has 25 heavy (non-hydrogen) atoms. The first-order valence-corrected chi connectivity index (χ1v) is 7.65. The third-order valence-electron chi connectivity index (χ3n) is 3.19. The van der Waals surface area contributed by atoms with Crippen LogP contribution in [0.1, 0.15) is 26.7 Å². The van der Waals surface area contributed by atoms with Crippen LogP contribution in [0.4, 0.5) is 0 Å². The lowest BCUT2D eigenvalue weighted by Crippen LogP contribution is -2.52. The van der Waals surface area contributed by atoms with Crippen molar-refractivity contribution in [3.63, 3.8) is 0 Å². The van der Waals surface area contributed by atoms with E-state index in [1.54, 1.807) is 13.8 Å². The maximum atomic E-state index is 11.9. The SMILES string of the molecule is CC(C)C(N)C(=O)NCC(=O)NC(CCC(N)=O)C(=O)NCC(=O)O. The summed E-state index contributed by atoms with van der Waals surface area (Å²) in [5, 5.41) is 15.3. The van der Waals surface area contributed by atoms with Gasteiger partial charge in [0.1, 0.15) is 12.6 Å². The second-order valence-electron chi connectivity index (χ2n) is 5.72. The molecule has 0 aromatic rings. The lowest BCUT2D eigenvalue weighted by molar-refractivity contribution is -0.138. The molecule has 0 spiro atoms. The summed E-state index contributed by atoms with van der Waals surface area (Å²) < 4.78 is 0. The smallest absolute Gasteiger partial charge is 0.322 e. The maximum Gasteiger partial charge on any atom is 0.322 e. The standard InChI is InChI=1S/C14H25N5O6/c1-7(2)12(16)14(25)17-5-10(21)19-8(3-4-9(15)20)13(24)18-6-11(22)23/h7-8,12H,3-6,16H2,1-2H3,(H2,15,20)(H,17,25)(H,18,24)(H,19,21)(H,22,23). The molecule has 0 bridgehead atoms. The summed E-state index contributed by atoms with van der Waals surface area (Å²) in [4.78, 5) is 56.7. The van der Waals surface area contributed by atoms with Crippen LogP contribution in [0, 0.1) is 5.92 Å². The van der Waals surface area contributed by atoms with E-state index >= 15 is 0 Å². The van der Waals surface area contributed by atoms with E-state index in [0.717, 1.165) is 0 Å². The molecular formula is C14H25N5O6. The van der Waals surface area contributed by atoms with Crippen molar-refractivity contribution in [2.24, 2.45) is 17.4 Å². The second-order valence-corrected chi connectivity index (χ2v) is 5.72. The quantitative estimate of drug-likeness (QED) is 0.227. The van der Waals surface area contributed by atoms with Gasteiger partial charge in [0.15, 0.2) is 0 Å². The minimum absolute atomic E-state index is 0.105. The van der Waals surface area contributed by atoms with Gasteiger partial charge in [0.05, 0.1) is 12.6 Å². The maximum absolute atomic E-state index is 11.9. The van der Waals surface area contributed by atoms with E-state index in [4.69, 9.17) is 16.6 Å². The van der Waals surface area contributed by atoms with Crippen molar-refractivity contribution in [3.05, 3.63) is 0 Å². The molecule has 0 rings (SSSR count). The average molecular weight is 359 g/mol. The first-order chi connectivity index (χ1) is 11.5. The lowest BCUT2D eigenvalue weighted by atomic mass is 10.1. The molecule has 0 aromatic heterocycles. The Kier molecular flexibility index (Phi) is 9.79. The Balaban J connectivity index is 4.63. The minimum Gasteiger partial charge on any atom is -0.480 e. The third-order valence-corrected chi connectivity index (χ3v) is 3.19. The minimum atomic E-state index is -1.26. The third kappa shape index (κ3) is 9.91. The van der Waals surface area contributed by atoms with E-state index < -0.39 is 54.8 Å². The Morgan fingerprint density at radius 3 is 2.04 bits per heavy atom. The molecule has 2 atom stereocenters. The molecule has 0 saturated carbocycles. The highest BCUT2D eigenvalue weighted by Crippen LogP contribution is 1.99. The van der Waals surface area contributed by atoms with Crippen LogP contribution in [0.3, 0.4) is 0 Å². The highest BCUT2D eigenvalue weighted by Gasteiger charge is 2.23. The number of hydrogen-bond donors (Lipinski definition) is 6. The molecule has 11 heteroatoms. The monoisotopic (exact) mass is 359 g/mol. The lowest BCUT2D eigenvalue weighted by Gasteiger charge is -2.19. The molecule has 0 aliphatic rings. The van der Waals surface area contributed by atoms with Gasteiger partial charge in [0, 0.05) is 6.42 Å². The number of nitrogens with one attached hydrogen (secondary N) is 3. The Hall–Kier alpha value is -2.69. The fourth-order valence-corrected chi connectivity index (χ4v) is 1.67. The summed E-state index contributed by atoms with van der Waals surface area (Å²) in [5.74, 6) is -4.04. The molecule has 0 aliphatic heterocycles. The number of primary amides is 1. The van der Waals surface area contributed by atoms with Gasteiger partial charge in [-0.3, -0.25) is 24.0 Å². The molecule has 2 unspecified atom stereocenters. The Morgan fingerprint density at radius 1 is 1.00 bits per heavy atom. The average Bonchev–Trinajstić information content (AvgIpc) is 2.52. The zero-order valence-electron chi connectivity index (χ0n) is 14.2. The summed E-state index contributed by atoms with van der Waals surface area (Å²) in [7, 11) is 0. The van der Waals surface area contributed by atoms with E-state index in [1.165, 1.54) is 0 Å². The van der Waals surface area contributed by atoms with Crippen molar-refractivity contribution >= 4 is 29.6 Å². The Labute approximate surface area is 144 Å². The molecule has 0 heterocycles. The molecule has 0 saturated heterocycles. The normalized spacial score (nSPS) is 12.8. The topological polar surface area (TPSA) is 194 Å². The zero-order chi connectivity index (χ0) is 19.6. The molecule has 8 N–H and O–H groups in total. The second kappa shape index (κ2) is 11.0. The van der Waals surface area contributed by atoms with Crippen molar-refractivity contribution in [1.82, 2.24) is 16.0 Å². The molecule has 142 valence electrons. The van der Waals surface area contributed by atoms with E-state index in [9.17, 15) is 24.0 Å². The van der Waals surface area contributed by atoms with Crippen molar-refractivity contribution < 1.29 is 29.1 Å². The van der Waals surface area contributed by atoms with E-state index in [-0.39, 0.29) is 18.8 Å². The summed E-state index contributed by atoms with van der Waals surface area (Å²) in [6.07, 6.45) is -0.290. The van der Waals surface area contributed by atoms with Crippen LogP contribution < -0.4 is 27.4 Å². The molecule has 0 radical (unpaired) electrons. The van der Waals surface area contributed by atoms with Crippen LogP contribution in [0.5, 0.6) is 0 Å². The number of carboxylic acids is 1. The van der Waals surface area contributed by atoms with Crippen molar-refractivity contribution in [2.45, 2.75) is 38.8 Å². The number of carboxylic acid groups (broad SMARTS) is 1. The summed E-state index contributed by atoms with van der Waals surface area (Å²) in [6.45, 7) is 2.44. The number of aliphatic carboxylic acids is 1. The van der Waals surface area contributed by atoms with Crippen molar-refractivity contribution in [3.8, 4) is 0 Å². The van der Waals surface area contributed by atoms with Crippen LogP contribution in [0.15, 0.2) is 0 Å². The van der Waals surface area contributed by atoms with Gasteiger partial charge in [-0.05, 0) is 12.3 Å². The van der Waals surface area contributed by atoms with Crippen LogP contribution in [0.2, 0.25) is 0 Å². The number of amides is 4. The number of rotatable bonds is 11. The molecular weight excluding hydrogens is 334 g/mol. The number of carbonyl (C=O) groups excluding carboxylic acids is 4. The largest absolute Gasteiger partial charge is 0.480 e. The van der Waals surface area contributed by atoms with Gasteiger partial charge < -0.3 is 32.5 Å². The van der Waals surface area contributed by atoms with Gasteiger partial charge in [-0.2, -0.15) is 0 Å². The van der Waals surface area contributed by atoms with Gasteiger partial charge in [-0.25, -0.2) is 0 Å². The number of nitrogens with two attached hydrogens (primary N) is 2. The number of carbonyl (C=O) groups is 5.